The molecule has 0 fully saturated rings. The lowest BCUT2D eigenvalue weighted by molar-refractivity contribution is -0.146. The zero-order valence-electron chi connectivity index (χ0n) is 15.4. The zero-order valence-corrected chi connectivity index (χ0v) is 16.2. The minimum absolute atomic E-state index is 0.274. The minimum atomic E-state index is -0.746. The van der Waals surface area contributed by atoms with Gasteiger partial charge < -0.3 is 10.1 Å². The van der Waals surface area contributed by atoms with Crippen molar-refractivity contribution in [2.24, 2.45) is 0 Å². The van der Waals surface area contributed by atoms with Crippen molar-refractivity contribution < 1.29 is 14.3 Å². The highest BCUT2D eigenvalue weighted by atomic mass is 32.2. The zero-order chi connectivity index (χ0) is 19.0. The third-order valence-electron chi connectivity index (χ3n) is 3.98. The lowest BCUT2D eigenvalue weighted by Crippen LogP contribution is -2.53. The van der Waals surface area contributed by atoms with Crippen molar-refractivity contribution in [3.8, 4) is 0 Å². The normalized spacial score (nSPS) is 12.3. The van der Waals surface area contributed by atoms with Crippen molar-refractivity contribution in [3.63, 3.8) is 0 Å². The quantitative estimate of drug-likeness (QED) is 0.711. The molecule has 0 heterocycles. The van der Waals surface area contributed by atoms with Gasteiger partial charge in [0, 0.05) is 16.1 Å². The molecule has 0 aliphatic heterocycles. The first-order valence-corrected chi connectivity index (χ1v) is 9.63. The van der Waals surface area contributed by atoms with E-state index >= 15 is 0 Å². The fourth-order valence-electron chi connectivity index (χ4n) is 2.47. The summed E-state index contributed by atoms with van der Waals surface area (Å²) in [5, 5.41) is 2.86. The summed E-state index contributed by atoms with van der Waals surface area (Å²) in [6.07, 6.45) is 0. The summed E-state index contributed by atoms with van der Waals surface area (Å²) in [6.45, 7) is 5.94. The molecule has 1 amide bonds. The number of nitrogens with one attached hydrogen (secondary N) is 1. The van der Waals surface area contributed by atoms with Crippen molar-refractivity contribution in [2.45, 2.75) is 37.3 Å². The fraction of sp³-hybridized carbons (Fsp3) is 0.333. The van der Waals surface area contributed by atoms with Gasteiger partial charge in [0.15, 0.2) is 0 Å². The van der Waals surface area contributed by atoms with E-state index in [0.717, 1.165) is 5.75 Å². The van der Waals surface area contributed by atoms with Gasteiger partial charge in [-0.3, -0.25) is 4.79 Å². The first-order valence-electron chi connectivity index (χ1n) is 8.64. The highest BCUT2D eigenvalue weighted by Crippen LogP contribution is 2.32. The maximum Gasteiger partial charge on any atom is 0.330 e. The smallest absolute Gasteiger partial charge is 0.330 e. The van der Waals surface area contributed by atoms with E-state index in [2.05, 4.69) is 5.32 Å². The van der Waals surface area contributed by atoms with Crippen molar-refractivity contribution in [2.75, 3.05) is 6.61 Å². The average molecular weight is 372 g/mol. The molecule has 0 spiro atoms. The Bertz CT molecular complexity index is 717. The fourth-order valence-corrected chi connectivity index (χ4v) is 3.53. The van der Waals surface area contributed by atoms with Crippen LogP contribution in [0.5, 0.6) is 0 Å². The van der Waals surface area contributed by atoms with Crippen molar-refractivity contribution in [1.82, 2.24) is 5.32 Å². The topological polar surface area (TPSA) is 55.4 Å². The molecular weight excluding hydrogens is 346 g/mol. The highest BCUT2D eigenvalue weighted by molar-refractivity contribution is 7.99. The van der Waals surface area contributed by atoms with Gasteiger partial charge in [-0.05, 0) is 38.5 Å². The molecule has 0 saturated heterocycles. The third kappa shape index (κ3) is 5.63. The van der Waals surface area contributed by atoms with E-state index in [0.29, 0.717) is 5.56 Å². The molecule has 0 aliphatic rings. The van der Waals surface area contributed by atoms with E-state index in [4.69, 9.17) is 4.74 Å². The SMILES string of the molecule is CCOC(=O)[C@H](NC(=O)c1ccccc1)C(C)(C)SCc1ccccc1. The number of hydrogen-bond acceptors (Lipinski definition) is 4. The molecule has 0 aliphatic carbocycles. The van der Waals surface area contributed by atoms with E-state index in [-0.39, 0.29) is 12.5 Å². The molecular formula is C21H25NO3S. The number of ether oxygens (including phenoxy) is 1. The van der Waals surface area contributed by atoms with Gasteiger partial charge in [-0.1, -0.05) is 48.5 Å². The molecule has 1 atom stereocenters. The first-order chi connectivity index (χ1) is 12.4. The van der Waals surface area contributed by atoms with Gasteiger partial charge in [-0.15, -0.1) is 11.8 Å². The second-order valence-corrected chi connectivity index (χ2v) is 8.03. The maximum atomic E-state index is 12.6. The van der Waals surface area contributed by atoms with Gasteiger partial charge in [0.25, 0.3) is 5.91 Å². The number of thioether (sulfide) groups is 1. The molecule has 2 aromatic rings. The summed E-state index contributed by atoms with van der Waals surface area (Å²) < 4.78 is 4.68. The highest BCUT2D eigenvalue weighted by Gasteiger charge is 2.38. The van der Waals surface area contributed by atoms with Crippen molar-refractivity contribution in [3.05, 3.63) is 71.8 Å². The molecule has 0 bridgehead atoms. The monoisotopic (exact) mass is 371 g/mol. The van der Waals surface area contributed by atoms with Crippen LogP contribution in [0.4, 0.5) is 0 Å². The summed E-state index contributed by atoms with van der Waals surface area (Å²) in [7, 11) is 0. The molecule has 0 aromatic heterocycles. The second-order valence-electron chi connectivity index (χ2n) is 6.40. The van der Waals surface area contributed by atoms with Crippen LogP contribution in [0.2, 0.25) is 0 Å². The van der Waals surface area contributed by atoms with E-state index in [1.54, 1.807) is 43.0 Å². The van der Waals surface area contributed by atoms with Gasteiger partial charge in [0.05, 0.1) is 6.61 Å². The Hall–Kier alpha value is -2.27. The molecule has 4 nitrogen and oxygen atoms in total. The van der Waals surface area contributed by atoms with Crippen LogP contribution in [0.3, 0.4) is 0 Å². The lowest BCUT2D eigenvalue weighted by atomic mass is 10.0. The number of benzene rings is 2. The van der Waals surface area contributed by atoms with Crippen LogP contribution < -0.4 is 5.32 Å². The van der Waals surface area contributed by atoms with Crippen LogP contribution in [0.1, 0.15) is 36.7 Å². The van der Waals surface area contributed by atoms with Crippen LogP contribution in [-0.4, -0.2) is 29.3 Å². The Morgan fingerprint density at radius 3 is 2.19 bits per heavy atom. The van der Waals surface area contributed by atoms with E-state index < -0.39 is 16.8 Å². The van der Waals surface area contributed by atoms with Crippen LogP contribution in [0, 0.1) is 0 Å². The molecule has 2 aromatic carbocycles. The molecule has 5 heteroatoms. The van der Waals surface area contributed by atoms with Gasteiger partial charge in [-0.25, -0.2) is 4.79 Å². The van der Waals surface area contributed by atoms with Crippen molar-refractivity contribution >= 4 is 23.6 Å². The third-order valence-corrected chi connectivity index (χ3v) is 5.44. The Labute approximate surface area is 159 Å². The van der Waals surface area contributed by atoms with Gasteiger partial charge in [0.2, 0.25) is 0 Å². The van der Waals surface area contributed by atoms with Crippen LogP contribution >= 0.6 is 11.8 Å². The molecule has 0 saturated carbocycles. The number of carbonyl (C=O) groups is 2. The van der Waals surface area contributed by atoms with Crippen LogP contribution in [0.15, 0.2) is 60.7 Å². The predicted octanol–water partition coefficient (Wildman–Crippen LogP) is 4.06. The molecule has 0 radical (unpaired) electrons. The maximum absolute atomic E-state index is 12.6. The summed E-state index contributed by atoms with van der Waals surface area (Å²) in [6, 6.07) is 18.2. The molecule has 2 rings (SSSR count). The summed E-state index contributed by atoms with van der Waals surface area (Å²) in [4.78, 5) is 25.1. The second kappa shape index (κ2) is 9.43. The number of amides is 1. The van der Waals surface area contributed by atoms with E-state index in [1.165, 1.54) is 5.56 Å². The van der Waals surface area contributed by atoms with Crippen molar-refractivity contribution in [1.29, 1.82) is 0 Å². The number of rotatable bonds is 8. The van der Waals surface area contributed by atoms with Gasteiger partial charge in [-0.2, -0.15) is 0 Å². The van der Waals surface area contributed by atoms with Gasteiger partial charge in [0.1, 0.15) is 6.04 Å². The predicted molar refractivity (Wildman–Crippen MR) is 106 cm³/mol. The van der Waals surface area contributed by atoms with Crippen LogP contribution in [-0.2, 0) is 15.3 Å². The molecule has 0 unspecified atom stereocenters. The summed E-state index contributed by atoms with van der Waals surface area (Å²) in [5.74, 6) is 0.0460. The Morgan fingerprint density at radius 1 is 1.04 bits per heavy atom. The first kappa shape index (κ1) is 20.0. The molecule has 138 valence electrons. The Kier molecular flexibility index (Phi) is 7.27. The largest absolute Gasteiger partial charge is 0.464 e. The Balaban J connectivity index is 2.14. The number of hydrogen-bond donors (Lipinski definition) is 1. The lowest BCUT2D eigenvalue weighted by Gasteiger charge is -2.32. The number of carbonyl (C=O) groups excluding carboxylic acids is 2. The van der Waals surface area contributed by atoms with E-state index in [9.17, 15) is 9.59 Å². The summed E-state index contributed by atoms with van der Waals surface area (Å²) >= 11 is 1.62. The van der Waals surface area contributed by atoms with Gasteiger partial charge >= 0.3 is 5.97 Å². The number of esters is 1. The Morgan fingerprint density at radius 2 is 1.62 bits per heavy atom. The average Bonchev–Trinajstić information content (AvgIpc) is 2.66. The standard InChI is InChI=1S/C21H25NO3S/c1-4-25-20(24)18(22-19(23)17-13-9-6-10-14-17)21(2,3)26-15-16-11-7-5-8-12-16/h5-14,18H,4,15H2,1-3H3,(H,22,23)/t18-/m0/s1. The molecule has 1 N–H and O–H groups in total. The minimum Gasteiger partial charge on any atom is -0.464 e. The van der Waals surface area contributed by atoms with E-state index in [1.807, 2.05) is 50.2 Å². The summed E-state index contributed by atoms with van der Waals surface area (Å²) in [5.41, 5.74) is 1.69. The van der Waals surface area contributed by atoms with Crippen LogP contribution in [0.25, 0.3) is 0 Å². The molecule has 26 heavy (non-hydrogen) atoms.